The van der Waals surface area contributed by atoms with Gasteiger partial charge in [-0.15, -0.1) is 0 Å². The molecule has 0 aliphatic carbocycles. The van der Waals surface area contributed by atoms with E-state index >= 15 is 0 Å². The van der Waals surface area contributed by atoms with E-state index in [1.165, 1.54) is 6.07 Å². The van der Waals surface area contributed by atoms with Crippen molar-refractivity contribution in [2.45, 2.75) is 19.6 Å². The number of halogens is 3. The minimum absolute atomic E-state index is 0.250. The van der Waals surface area contributed by atoms with E-state index in [0.717, 1.165) is 12.1 Å². The van der Waals surface area contributed by atoms with Crippen LogP contribution in [-0.2, 0) is 12.7 Å². The van der Waals surface area contributed by atoms with Crippen molar-refractivity contribution in [3.63, 3.8) is 0 Å². The van der Waals surface area contributed by atoms with Gasteiger partial charge in [-0.05, 0) is 36.8 Å². The summed E-state index contributed by atoms with van der Waals surface area (Å²) >= 11 is 5.05. The molecule has 0 fully saturated rings. The zero-order valence-corrected chi connectivity index (χ0v) is 12.6. The summed E-state index contributed by atoms with van der Waals surface area (Å²) in [6, 6.07) is 5.20. The molecule has 1 aromatic heterocycles. The SMILES string of the molecule is CCNC(=S)Nc1cnn(Cc2cccc(C(F)(F)F)c2)c1. The predicted octanol–water partition coefficient (Wildman–Crippen LogP) is 3.26. The molecule has 1 heterocycles. The van der Waals surface area contributed by atoms with Gasteiger partial charge in [-0.25, -0.2) is 0 Å². The summed E-state index contributed by atoms with van der Waals surface area (Å²) in [6.45, 7) is 2.87. The highest BCUT2D eigenvalue weighted by Gasteiger charge is 2.30. The van der Waals surface area contributed by atoms with Crippen molar-refractivity contribution in [3.8, 4) is 0 Å². The monoisotopic (exact) mass is 328 g/mol. The van der Waals surface area contributed by atoms with E-state index in [9.17, 15) is 13.2 Å². The second-order valence-electron chi connectivity index (χ2n) is 4.61. The molecule has 2 aromatic rings. The van der Waals surface area contributed by atoms with Crippen molar-refractivity contribution in [2.24, 2.45) is 0 Å². The minimum Gasteiger partial charge on any atom is -0.363 e. The summed E-state index contributed by atoms with van der Waals surface area (Å²) in [5.41, 5.74) is 0.542. The zero-order valence-electron chi connectivity index (χ0n) is 11.8. The Balaban J connectivity index is 2.06. The number of alkyl halides is 3. The van der Waals surface area contributed by atoms with Gasteiger partial charge in [-0.3, -0.25) is 4.68 Å². The van der Waals surface area contributed by atoms with E-state index in [2.05, 4.69) is 15.7 Å². The third-order valence-corrected chi connectivity index (χ3v) is 3.07. The van der Waals surface area contributed by atoms with Gasteiger partial charge < -0.3 is 10.6 Å². The summed E-state index contributed by atoms with van der Waals surface area (Å²) < 4.78 is 39.6. The summed E-state index contributed by atoms with van der Waals surface area (Å²) in [7, 11) is 0. The molecule has 8 heteroatoms. The van der Waals surface area contributed by atoms with E-state index in [1.807, 2.05) is 6.92 Å². The lowest BCUT2D eigenvalue weighted by atomic mass is 10.1. The van der Waals surface area contributed by atoms with Crippen molar-refractivity contribution in [1.82, 2.24) is 15.1 Å². The lowest BCUT2D eigenvalue weighted by Crippen LogP contribution is -2.27. The van der Waals surface area contributed by atoms with Crippen LogP contribution in [0.25, 0.3) is 0 Å². The Labute approximate surface area is 131 Å². The fourth-order valence-corrected chi connectivity index (χ4v) is 2.15. The van der Waals surface area contributed by atoms with Crippen LogP contribution >= 0.6 is 12.2 Å². The summed E-state index contributed by atoms with van der Waals surface area (Å²) in [4.78, 5) is 0. The van der Waals surface area contributed by atoms with E-state index < -0.39 is 11.7 Å². The van der Waals surface area contributed by atoms with Crippen molar-refractivity contribution in [2.75, 3.05) is 11.9 Å². The highest BCUT2D eigenvalue weighted by molar-refractivity contribution is 7.80. The molecule has 1 aromatic carbocycles. The molecule has 0 bridgehead atoms. The second kappa shape index (κ2) is 6.78. The molecule has 0 unspecified atom stereocenters. The predicted molar refractivity (Wildman–Crippen MR) is 82.7 cm³/mol. The summed E-state index contributed by atoms with van der Waals surface area (Å²) in [6.07, 6.45) is -1.09. The maximum absolute atomic E-state index is 12.7. The number of nitrogens with one attached hydrogen (secondary N) is 2. The Bertz CT molecular complexity index is 652. The summed E-state index contributed by atoms with van der Waals surface area (Å²) in [5.74, 6) is 0. The molecule has 0 aliphatic rings. The van der Waals surface area contributed by atoms with Gasteiger partial charge in [0.1, 0.15) is 0 Å². The van der Waals surface area contributed by atoms with Gasteiger partial charge in [0.2, 0.25) is 0 Å². The number of benzene rings is 1. The molecule has 4 nitrogen and oxygen atoms in total. The van der Waals surface area contributed by atoms with Crippen LogP contribution in [0.2, 0.25) is 0 Å². The molecule has 2 N–H and O–H groups in total. The molecule has 0 saturated carbocycles. The molecule has 0 spiro atoms. The molecular formula is C14H15F3N4S. The molecule has 0 amide bonds. The first-order chi connectivity index (χ1) is 10.4. The Kier molecular flexibility index (Phi) is 5.02. The molecule has 2 rings (SSSR count). The number of rotatable bonds is 4. The van der Waals surface area contributed by atoms with Crippen LogP contribution < -0.4 is 10.6 Å². The second-order valence-corrected chi connectivity index (χ2v) is 5.02. The van der Waals surface area contributed by atoms with Crippen LogP contribution in [-0.4, -0.2) is 21.4 Å². The fraction of sp³-hybridized carbons (Fsp3) is 0.286. The van der Waals surface area contributed by atoms with Gasteiger partial charge in [0.05, 0.1) is 24.0 Å². The van der Waals surface area contributed by atoms with Gasteiger partial charge >= 0.3 is 6.18 Å². The number of nitrogens with zero attached hydrogens (tertiary/aromatic N) is 2. The third-order valence-electron chi connectivity index (χ3n) is 2.83. The number of hydrogen-bond donors (Lipinski definition) is 2. The highest BCUT2D eigenvalue weighted by atomic mass is 32.1. The topological polar surface area (TPSA) is 41.9 Å². The Morgan fingerprint density at radius 3 is 2.82 bits per heavy atom. The maximum Gasteiger partial charge on any atom is 0.416 e. The van der Waals surface area contributed by atoms with Gasteiger partial charge in [0.15, 0.2) is 5.11 Å². The number of aromatic nitrogens is 2. The first-order valence-corrected chi connectivity index (χ1v) is 7.02. The van der Waals surface area contributed by atoms with Crippen molar-refractivity contribution in [1.29, 1.82) is 0 Å². The molecule has 0 saturated heterocycles. The lowest BCUT2D eigenvalue weighted by molar-refractivity contribution is -0.137. The first-order valence-electron chi connectivity index (χ1n) is 6.62. The largest absolute Gasteiger partial charge is 0.416 e. The van der Waals surface area contributed by atoms with Crippen molar-refractivity contribution >= 4 is 23.0 Å². The van der Waals surface area contributed by atoms with E-state index in [4.69, 9.17) is 12.2 Å². The molecule has 0 aliphatic heterocycles. The quantitative estimate of drug-likeness (QED) is 0.846. The van der Waals surface area contributed by atoms with Gasteiger partial charge in [0, 0.05) is 12.7 Å². The van der Waals surface area contributed by atoms with Gasteiger partial charge in [-0.1, -0.05) is 12.1 Å². The third kappa shape index (κ3) is 4.45. The molecule has 118 valence electrons. The normalized spacial score (nSPS) is 11.3. The lowest BCUT2D eigenvalue weighted by Gasteiger charge is -2.09. The molecule has 0 radical (unpaired) electrons. The van der Waals surface area contributed by atoms with Gasteiger partial charge in [0.25, 0.3) is 0 Å². The number of thiocarbonyl (C=S) groups is 1. The average Bonchev–Trinajstić information content (AvgIpc) is 2.85. The van der Waals surface area contributed by atoms with E-state index in [1.54, 1.807) is 23.1 Å². The number of hydrogen-bond acceptors (Lipinski definition) is 2. The Morgan fingerprint density at radius 1 is 1.36 bits per heavy atom. The smallest absolute Gasteiger partial charge is 0.363 e. The van der Waals surface area contributed by atoms with Crippen molar-refractivity contribution < 1.29 is 13.2 Å². The van der Waals surface area contributed by atoms with Crippen LogP contribution in [0.15, 0.2) is 36.7 Å². The average molecular weight is 328 g/mol. The zero-order chi connectivity index (χ0) is 16.2. The fourth-order valence-electron chi connectivity index (χ4n) is 1.88. The van der Waals surface area contributed by atoms with Crippen molar-refractivity contribution in [3.05, 3.63) is 47.8 Å². The van der Waals surface area contributed by atoms with Gasteiger partial charge in [-0.2, -0.15) is 18.3 Å². The molecular weight excluding hydrogens is 313 g/mol. The first kappa shape index (κ1) is 16.3. The standard InChI is InChI=1S/C14H15F3N4S/c1-2-18-13(22)20-12-7-19-21(9-12)8-10-4-3-5-11(6-10)14(15,16)17/h3-7,9H,2,8H2,1H3,(H2,18,20,22). The Hall–Kier alpha value is -2.09. The molecule has 22 heavy (non-hydrogen) atoms. The maximum atomic E-state index is 12.7. The summed E-state index contributed by atoms with van der Waals surface area (Å²) in [5, 5.41) is 10.5. The van der Waals surface area contributed by atoms with Crippen LogP contribution in [0.3, 0.4) is 0 Å². The Morgan fingerprint density at radius 2 is 2.14 bits per heavy atom. The van der Waals surface area contributed by atoms with E-state index in [0.29, 0.717) is 22.9 Å². The van der Waals surface area contributed by atoms with E-state index in [-0.39, 0.29) is 6.54 Å². The van der Waals surface area contributed by atoms with Crippen LogP contribution in [0, 0.1) is 0 Å². The van der Waals surface area contributed by atoms with Crippen LogP contribution in [0.1, 0.15) is 18.1 Å². The highest BCUT2D eigenvalue weighted by Crippen LogP contribution is 2.29. The van der Waals surface area contributed by atoms with Crippen LogP contribution in [0.4, 0.5) is 18.9 Å². The molecule has 0 atom stereocenters. The number of anilines is 1. The minimum atomic E-state index is -4.34. The van der Waals surface area contributed by atoms with Crippen LogP contribution in [0.5, 0.6) is 0 Å².